The largest absolute Gasteiger partial charge is 0.0628 e. The van der Waals surface area contributed by atoms with Crippen LogP contribution < -0.4 is 0 Å². The maximum atomic E-state index is 2.33. The van der Waals surface area contributed by atoms with Crippen LogP contribution in [0.3, 0.4) is 0 Å². The third-order valence-corrected chi connectivity index (χ3v) is 4.70. The zero-order chi connectivity index (χ0) is 16.9. The predicted molar refractivity (Wildman–Crippen MR) is 105 cm³/mol. The average Bonchev–Trinajstić information content (AvgIpc) is 2.52. The lowest BCUT2D eigenvalue weighted by molar-refractivity contribution is 0.507. The smallest absolute Gasteiger partial charge is 0.00498 e. The molecule has 0 amide bonds. The van der Waals surface area contributed by atoms with E-state index >= 15 is 0 Å². The monoisotopic (exact) mass is 315 g/mol. The molecular weight excluding hydrogens is 276 g/mol. The SMILES string of the molecule is CC(C)CCCCC[C](CCCCCC(C)C)c1ccccc1. The summed E-state index contributed by atoms with van der Waals surface area (Å²) < 4.78 is 0. The van der Waals surface area contributed by atoms with E-state index in [9.17, 15) is 0 Å². The highest BCUT2D eigenvalue weighted by molar-refractivity contribution is 5.30. The Hall–Kier alpha value is -0.780. The molecule has 0 nitrogen and oxygen atoms in total. The number of hydrogen-bond acceptors (Lipinski definition) is 0. The summed E-state index contributed by atoms with van der Waals surface area (Å²) in [7, 11) is 0. The molecule has 1 rings (SSSR count). The zero-order valence-electron chi connectivity index (χ0n) is 16.1. The molecule has 0 saturated carbocycles. The van der Waals surface area contributed by atoms with Crippen molar-refractivity contribution in [2.45, 2.75) is 91.9 Å². The summed E-state index contributed by atoms with van der Waals surface area (Å²) in [5.74, 6) is 3.40. The van der Waals surface area contributed by atoms with Crippen molar-refractivity contribution in [3.63, 3.8) is 0 Å². The minimum Gasteiger partial charge on any atom is -0.0628 e. The van der Waals surface area contributed by atoms with Gasteiger partial charge in [0.2, 0.25) is 0 Å². The van der Waals surface area contributed by atoms with Gasteiger partial charge in [0.1, 0.15) is 0 Å². The fraction of sp³-hybridized carbons (Fsp3) is 0.696. The minimum atomic E-state index is 0.855. The Bertz CT molecular complexity index is 345. The van der Waals surface area contributed by atoms with Gasteiger partial charge in [0.15, 0.2) is 0 Å². The van der Waals surface area contributed by atoms with Crippen molar-refractivity contribution in [3.8, 4) is 0 Å². The van der Waals surface area contributed by atoms with Gasteiger partial charge in [-0.1, -0.05) is 109 Å². The molecular formula is C23H39. The van der Waals surface area contributed by atoms with Gasteiger partial charge in [-0.05, 0) is 30.2 Å². The summed E-state index contributed by atoms with van der Waals surface area (Å²) in [6.07, 6.45) is 13.7. The van der Waals surface area contributed by atoms with Gasteiger partial charge in [-0.25, -0.2) is 0 Å². The number of rotatable bonds is 13. The van der Waals surface area contributed by atoms with Crippen LogP contribution in [0, 0.1) is 17.8 Å². The van der Waals surface area contributed by atoms with E-state index in [1.54, 1.807) is 5.92 Å². The van der Waals surface area contributed by atoms with E-state index in [2.05, 4.69) is 58.0 Å². The van der Waals surface area contributed by atoms with Crippen molar-refractivity contribution in [1.82, 2.24) is 0 Å². The van der Waals surface area contributed by atoms with Crippen LogP contribution in [0.25, 0.3) is 0 Å². The van der Waals surface area contributed by atoms with Gasteiger partial charge < -0.3 is 0 Å². The molecule has 0 unspecified atom stereocenters. The second-order valence-electron chi connectivity index (χ2n) is 7.96. The van der Waals surface area contributed by atoms with Crippen molar-refractivity contribution >= 4 is 0 Å². The molecule has 1 radical (unpaired) electrons. The molecule has 0 aliphatic rings. The van der Waals surface area contributed by atoms with E-state index in [1.165, 1.54) is 69.8 Å². The van der Waals surface area contributed by atoms with Gasteiger partial charge in [-0.2, -0.15) is 0 Å². The number of unbranched alkanes of at least 4 members (excludes halogenated alkanes) is 4. The normalized spacial score (nSPS) is 11.8. The first-order chi connectivity index (χ1) is 11.1. The first-order valence-corrected chi connectivity index (χ1v) is 9.99. The molecule has 23 heavy (non-hydrogen) atoms. The lowest BCUT2D eigenvalue weighted by Crippen LogP contribution is -2.01. The summed E-state index contributed by atoms with van der Waals surface area (Å²) in [6, 6.07) is 11.1. The molecule has 0 heteroatoms. The Morgan fingerprint density at radius 3 is 1.57 bits per heavy atom. The first-order valence-electron chi connectivity index (χ1n) is 9.99. The lowest BCUT2D eigenvalue weighted by atomic mass is 9.88. The molecule has 0 heterocycles. The fourth-order valence-corrected chi connectivity index (χ4v) is 3.22. The molecule has 0 N–H and O–H groups in total. The molecule has 0 aliphatic heterocycles. The van der Waals surface area contributed by atoms with Gasteiger partial charge in [0.05, 0.1) is 0 Å². The molecule has 0 fully saturated rings. The third-order valence-electron chi connectivity index (χ3n) is 4.70. The molecule has 0 saturated heterocycles. The highest BCUT2D eigenvalue weighted by Crippen LogP contribution is 2.27. The Balaban J connectivity index is 2.32. The quantitative estimate of drug-likeness (QED) is 0.325. The van der Waals surface area contributed by atoms with Crippen LogP contribution in [0.2, 0.25) is 0 Å². The summed E-state index contributed by atoms with van der Waals surface area (Å²) in [6.45, 7) is 9.33. The molecule has 1 aromatic carbocycles. The van der Waals surface area contributed by atoms with Crippen molar-refractivity contribution in [2.75, 3.05) is 0 Å². The Morgan fingerprint density at radius 2 is 1.13 bits per heavy atom. The summed E-state index contributed by atoms with van der Waals surface area (Å²) >= 11 is 0. The average molecular weight is 316 g/mol. The van der Waals surface area contributed by atoms with Crippen molar-refractivity contribution in [1.29, 1.82) is 0 Å². The van der Waals surface area contributed by atoms with E-state index in [1.807, 2.05) is 0 Å². The summed E-state index contributed by atoms with van der Waals surface area (Å²) in [5.41, 5.74) is 1.49. The van der Waals surface area contributed by atoms with Crippen molar-refractivity contribution in [3.05, 3.63) is 41.8 Å². The fourth-order valence-electron chi connectivity index (χ4n) is 3.22. The van der Waals surface area contributed by atoms with Crippen LogP contribution >= 0.6 is 0 Å². The molecule has 0 spiro atoms. The van der Waals surface area contributed by atoms with E-state index in [-0.39, 0.29) is 0 Å². The van der Waals surface area contributed by atoms with Crippen molar-refractivity contribution in [2.24, 2.45) is 11.8 Å². The van der Waals surface area contributed by atoms with Crippen LogP contribution in [-0.4, -0.2) is 0 Å². The van der Waals surface area contributed by atoms with Gasteiger partial charge in [0, 0.05) is 5.92 Å². The van der Waals surface area contributed by atoms with E-state index < -0.39 is 0 Å². The third kappa shape index (κ3) is 10.6. The van der Waals surface area contributed by atoms with Gasteiger partial charge in [-0.15, -0.1) is 0 Å². The Morgan fingerprint density at radius 1 is 0.652 bits per heavy atom. The second-order valence-corrected chi connectivity index (χ2v) is 7.96. The van der Waals surface area contributed by atoms with Crippen LogP contribution in [0.4, 0.5) is 0 Å². The second kappa shape index (κ2) is 12.6. The summed E-state index contributed by atoms with van der Waals surface area (Å²) in [4.78, 5) is 0. The molecule has 1 aromatic rings. The number of benzene rings is 1. The van der Waals surface area contributed by atoms with Crippen LogP contribution in [0.5, 0.6) is 0 Å². The maximum Gasteiger partial charge on any atom is 0.00498 e. The number of hydrogen-bond donors (Lipinski definition) is 0. The maximum absolute atomic E-state index is 2.33. The van der Waals surface area contributed by atoms with Crippen molar-refractivity contribution < 1.29 is 0 Å². The van der Waals surface area contributed by atoms with Crippen LogP contribution in [0.15, 0.2) is 30.3 Å². The molecule has 0 aliphatic carbocycles. The molecule has 131 valence electrons. The van der Waals surface area contributed by atoms with E-state index in [4.69, 9.17) is 0 Å². The van der Waals surface area contributed by atoms with Crippen LogP contribution in [-0.2, 0) is 0 Å². The standard InChI is InChI=1S/C23H39/c1-20(2)14-8-5-10-16-22(23-18-12-7-13-19-23)17-11-6-9-15-21(3)4/h7,12-13,18-21H,5-6,8-11,14-17H2,1-4H3. The predicted octanol–water partition coefficient (Wildman–Crippen LogP) is 7.82. The Labute approximate surface area is 146 Å². The lowest BCUT2D eigenvalue weighted by Gasteiger charge is -2.17. The van der Waals surface area contributed by atoms with Crippen LogP contribution in [0.1, 0.15) is 97.5 Å². The van der Waals surface area contributed by atoms with E-state index in [0.29, 0.717) is 0 Å². The minimum absolute atomic E-state index is 0.855. The zero-order valence-corrected chi connectivity index (χ0v) is 16.1. The van der Waals surface area contributed by atoms with E-state index in [0.717, 1.165) is 11.8 Å². The highest BCUT2D eigenvalue weighted by Gasteiger charge is 2.11. The topological polar surface area (TPSA) is 0 Å². The van der Waals surface area contributed by atoms with Gasteiger partial charge in [-0.3, -0.25) is 0 Å². The molecule has 0 aromatic heterocycles. The van der Waals surface area contributed by atoms with Gasteiger partial charge in [0.25, 0.3) is 0 Å². The molecule has 0 bridgehead atoms. The Kier molecular flexibility index (Phi) is 11.1. The molecule has 0 atom stereocenters. The highest BCUT2D eigenvalue weighted by atomic mass is 14.2. The summed E-state index contributed by atoms with van der Waals surface area (Å²) in [5, 5.41) is 0. The first kappa shape index (κ1) is 20.3. The van der Waals surface area contributed by atoms with Gasteiger partial charge >= 0.3 is 0 Å².